The van der Waals surface area contributed by atoms with Crippen LogP contribution in [0.5, 0.6) is 0 Å². The number of hydrogen-bond donors (Lipinski definition) is 1. The van der Waals surface area contributed by atoms with Crippen molar-refractivity contribution in [1.29, 1.82) is 0 Å². The van der Waals surface area contributed by atoms with Crippen LogP contribution < -0.4 is 5.32 Å². The first kappa shape index (κ1) is 21.7. The number of likely N-dealkylation sites (N-methyl/N-ethyl adjacent to an activating group) is 2. The third-order valence-electron chi connectivity index (χ3n) is 3.50. The molecule has 0 aromatic carbocycles. The Morgan fingerprint density at radius 3 is 2.48 bits per heavy atom. The summed E-state index contributed by atoms with van der Waals surface area (Å²) in [5.74, 6) is 0.836. The van der Waals surface area contributed by atoms with E-state index in [1.807, 2.05) is 50.7 Å². The van der Waals surface area contributed by atoms with Gasteiger partial charge in [0.25, 0.3) is 0 Å². The molecule has 1 heterocycles. The first-order chi connectivity index (χ1) is 10.5. The van der Waals surface area contributed by atoms with Crippen molar-refractivity contribution in [2.24, 2.45) is 12.0 Å². The molecule has 0 bridgehead atoms. The van der Waals surface area contributed by atoms with Gasteiger partial charge in [-0.05, 0) is 26.8 Å². The van der Waals surface area contributed by atoms with E-state index in [1.54, 1.807) is 10.9 Å². The van der Waals surface area contributed by atoms with E-state index in [-0.39, 0.29) is 29.9 Å². The summed E-state index contributed by atoms with van der Waals surface area (Å²) in [7, 11) is 3.78. The minimum absolute atomic E-state index is 0. The van der Waals surface area contributed by atoms with Crippen LogP contribution in [0.15, 0.2) is 17.3 Å². The van der Waals surface area contributed by atoms with Gasteiger partial charge in [-0.15, -0.1) is 24.0 Å². The molecule has 0 atom stereocenters. The summed E-state index contributed by atoms with van der Waals surface area (Å²) in [6, 6.07) is 1.94. The fraction of sp³-hybridized carbons (Fsp3) is 0.667. The number of carbonyl (C=O) groups is 1. The molecule has 1 rings (SSSR count). The molecule has 0 aliphatic carbocycles. The summed E-state index contributed by atoms with van der Waals surface area (Å²) in [5, 5.41) is 7.35. The molecular weight excluding hydrogens is 407 g/mol. The van der Waals surface area contributed by atoms with Gasteiger partial charge in [0.15, 0.2) is 5.96 Å². The maximum absolute atomic E-state index is 12.2. The SMILES string of the molecule is CCNC(=NCc1ccnn1C)N(C)CC(=O)N(CC)CC.I. The summed E-state index contributed by atoms with van der Waals surface area (Å²) >= 11 is 0. The second kappa shape index (κ2) is 11.3. The van der Waals surface area contributed by atoms with Crippen molar-refractivity contribution in [2.75, 3.05) is 33.2 Å². The number of aryl methyl sites for hydroxylation is 1. The van der Waals surface area contributed by atoms with Crippen molar-refractivity contribution in [3.05, 3.63) is 18.0 Å². The standard InChI is InChI=1S/C15H28N6O.HI/c1-6-16-15(17-11-13-9-10-18-20(13)5)19(4)12-14(22)21(7-2)8-3;/h9-10H,6-8,11-12H2,1-5H3,(H,16,17);1H. The van der Waals surface area contributed by atoms with Crippen molar-refractivity contribution in [1.82, 2.24) is 24.9 Å². The lowest BCUT2D eigenvalue weighted by atomic mass is 10.4. The number of aliphatic imine (C=N–C) groups is 1. The average Bonchev–Trinajstić information content (AvgIpc) is 2.90. The minimum Gasteiger partial charge on any atom is -0.357 e. The van der Waals surface area contributed by atoms with E-state index in [2.05, 4.69) is 15.4 Å². The number of hydrogen-bond acceptors (Lipinski definition) is 3. The number of amides is 1. The van der Waals surface area contributed by atoms with E-state index < -0.39 is 0 Å². The van der Waals surface area contributed by atoms with Gasteiger partial charge in [-0.1, -0.05) is 0 Å². The van der Waals surface area contributed by atoms with E-state index in [4.69, 9.17) is 0 Å². The zero-order valence-corrected chi connectivity index (χ0v) is 17.1. The first-order valence-corrected chi connectivity index (χ1v) is 7.77. The molecule has 23 heavy (non-hydrogen) atoms. The van der Waals surface area contributed by atoms with Crippen LogP contribution in [0.1, 0.15) is 26.5 Å². The third-order valence-corrected chi connectivity index (χ3v) is 3.50. The van der Waals surface area contributed by atoms with Gasteiger partial charge < -0.3 is 15.1 Å². The van der Waals surface area contributed by atoms with Crippen molar-refractivity contribution < 1.29 is 4.79 Å². The molecular formula is C15H29IN6O. The van der Waals surface area contributed by atoms with E-state index in [0.29, 0.717) is 13.1 Å². The Kier molecular flexibility index (Phi) is 10.6. The van der Waals surface area contributed by atoms with Crippen LogP contribution in [0.3, 0.4) is 0 Å². The second-order valence-corrected chi connectivity index (χ2v) is 5.04. The molecule has 8 heteroatoms. The predicted octanol–water partition coefficient (Wildman–Crippen LogP) is 1.30. The Bertz CT molecular complexity index is 498. The Labute approximate surface area is 156 Å². The Morgan fingerprint density at radius 2 is 2.00 bits per heavy atom. The Morgan fingerprint density at radius 1 is 1.35 bits per heavy atom. The van der Waals surface area contributed by atoms with Crippen molar-refractivity contribution in [3.63, 3.8) is 0 Å². The van der Waals surface area contributed by atoms with E-state index in [0.717, 1.165) is 31.3 Å². The third kappa shape index (κ3) is 6.76. The molecule has 1 aromatic heterocycles. The largest absolute Gasteiger partial charge is 0.357 e. The lowest BCUT2D eigenvalue weighted by molar-refractivity contribution is -0.131. The van der Waals surface area contributed by atoms with Gasteiger partial charge in [0.1, 0.15) is 0 Å². The maximum atomic E-state index is 12.2. The normalized spacial score (nSPS) is 10.9. The van der Waals surface area contributed by atoms with Gasteiger partial charge in [0.2, 0.25) is 5.91 Å². The maximum Gasteiger partial charge on any atom is 0.242 e. The van der Waals surface area contributed by atoms with Gasteiger partial charge >= 0.3 is 0 Å². The number of guanidine groups is 1. The number of carbonyl (C=O) groups excluding carboxylic acids is 1. The van der Waals surface area contributed by atoms with Gasteiger partial charge in [-0.3, -0.25) is 9.48 Å². The van der Waals surface area contributed by atoms with Crippen LogP contribution in [0, 0.1) is 0 Å². The van der Waals surface area contributed by atoms with Crippen LogP contribution >= 0.6 is 24.0 Å². The van der Waals surface area contributed by atoms with Crippen LogP contribution in [0.25, 0.3) is 0 Å². The second-order valence-electron chi connectivity index (χ2n) is 5.04. The molecule has 0 saturated heterocycles. The highest BCUT2D eigenvalue weighted by Gasteiger charge is 2.15. The molecule has 0 spiro atoms. The van der Waals surface area contributed by atoms with Crippen LogP contribution in [-0.2, 0) is 18.4 Å². The van der Waals surface area contributed by atoms with Crippen LogP contribution in [-0.4, -0.2) is 64.7 Å². The molecule has 1 aromatic rings. The number of nitrogens with zero attached hydrogens (tertiary/aromatic N) is 5. The molecule has 1 N–H and O–H groups in total. The Hall–Kier alpha value is -1.32. The van der Waals surface area contributed by atoms with Crippen molar-refractivity contribution in [3.8, 4) is 0 Å². The quantitative estimate of drug-likeness (QED) is 0.398. The molecule has 132 valence electrons. The van der Waals surface area contributed by atoms with Crippen LogP contribution in [0.2, 0.25) is 0 Å². The average molecular weight is 436 g/mol. The van der Waals surface area contributed by atoms with E-state index in [9.17, 15) is 4.79 Å². The zero-order chi connectivity index (χ0) is 16.5. The summed E-state index contributed by atoms with van der Waals surface area (Å²) in [6.45, 7) is 9.05. The van der Waals surface area contributed by atoms with Gasteiger partial charge in [0.05, 0.1) is 18.8 Å². The summed E-state index contributed by atoms with van der Waals surface area (Å²) in [5.41, 5.74) is 1.03. The highest BCUT2D eigenvalue weighted by atomic mass is 127. The van der Waals surface area contributed by atoms with Gasteiger partial charge in [0, 0.05) is 39.9 Å². The van der Waals surface area contributed by atoms with Crippen molar-refractivity contribution >= 4 is 35.8 Å². The zero-order valence-electron chi connectivity index (χ0n) is 14.7. The molecule has 0 unspecified atom stereocenters. The molecule has 7 nitrogen and oxygen atoms in total. The number of halogens is 1. The molecule has 0 aliphatic rings. The fourth-order valence-corrected chi connectivity index (χ4v) is 2.14. The van der Waals surface area contributed by atoms with Crippen LogP contribution in [0.4, 0.5) is 0 Å². The highest BCUT2D eigenvalue weighted by Crippen LogP contribution is 2.00. The number of nitrogens with one attached hydrogen (secondary N) is 1. The summed E-state index contributed by atoms with van der Waals surface area (Å²) < 4.78 is 1.80. The minimum atomic E-state index is 0. The van der Waals surface area contributed by atoms with E-state index in [1.165, 1.54) is 0 Å². The van der Waals surface area contributed by atoms with Gasteiger partial charge in [-0.25, -0.2) is 4.99 Å². The molecule has 0 saturated carbocycles. The Balaban J connectivity index is 0.00000484. The molecule has 0 aliphatic heterocycles. The fourth-order valence-electron chi connectivity index (χ4n) is 2.14. The predicted molar refractivity (Wildman–Crippen MR) is 104 cm³/mol. The lowest BCUT2D eigenvalue weighted by Gasteiger charge is -2.25. The topological polar surface area (TPSA) is 65.8 Å². The molecule has 0 fully saturated rings. The monoisotopic (exact) mass is 436 g/mol. The summed E-state index contributed by atoms with van der Waals surface area (Å²) in [4.78, 5) is 20.5. The smallest absolute Gasteiger partial charge is 0.242 e. The van der Waals surface area contributed by atoms with E-state index >= 15 is 0 Å². The molecule has 0 radical (unpaired) electrons. The first-order valence-electron chi connectivity index (χ1n) is 7.77. The lowest BCUT2D eigenvalue weighted by Crippen LogP contribution is -2.45. The van der Waals surface area contributed by atoms with Gasteiger partial charge in [-0.2, -0.15) is 5.10 Å². The number of rotatable bonds is 7. The highest BCUT2D eigenvalue weighted by molar-refractivity contribution is 14.0. The molecule has 1 amide bonds. The van der Waals surface area contributed by atoms with Crippen molar-refractivity contribution in [2.45, 2.75) is 27.3 Å². The number of aromatic nitrogens is 2. The summed E-state index contributed by atoms with van der Waals surface area (Å²) in [6.07, 6.45) is 1.76.